The molecule has 1 N–H and O–H groups in total. The maximum Gasteiger partial charge on any atom is 0.0436 e. The van der Waals surface area contributed by atoms with Crippen molar-refractivity contribution in [1.82, 2.24) is 5.32 Å². The van der Waals surface area contributed by atoms with Gasteiger partial charge in [-0.25, -0.2) is 0 Å². The Balaban J connectivity index is 2.01. The Bertz CT molecular complexity index is 437. The molecule has 1 aromatic carbocycles. The predicted molar refractivity (Wildman–Crippen MR) is 92.1 cm³/mol. The minimum Gasteiger partial charge on any atom is -0.309 e. The Kier molecular flexibility index (Phi) is 6.91. The van der Waals surface area contributed by atoms with E-state index < -0.39 is 10.8 Å². The first-order chi connectivity index (χ1) is 10.2. The lowest BCUT2D eigenvalue weighted by Crippen LogP contribution is -2.31. The number of benzene rings is 1. The fraction of sp³-hybridized carbons (Fsp3) is 0.667. The highest BCUT2D eigenvalue weighted by molar-refractivity contribution is 7.85. The fourth-order valence-corrected chi connectivity index (χ4v) is 4.79. The van der Waals surface area contributed by atoms with Gasteiger partial charge in [-0.3, -0.25) is 4.21 Å². The summed E-state index contributed by atoms with van der Waals surface area (Å²) in [7, 11) is -0.708. The molecule has 0 aliphatic heterocycles. The van der Waals surface area contributed by atoms with E-state index in [1.54, 1.807) is 0 Å². The van der Waals surface area contributed by atoms with Crippen LogP contribution in [0.2, 0.25) is 0 Å². The standard InChI is InChI=1S/C18H29NOS/c1-3-13-19-18(16-11-9-15(2)10-12-16)14-21(20)17-7-5-4-6-8-17/h9-12,17-19H,3-8,13-14H2,1-2H3. The Morgan fingerprint density at radius 3 is 2.48 bits per heavy atom. The Morgan fingerprint density at radius 1 is 1.19 bits per heavy atom. The lowest BCUT2D eigenvalue weighted by Gasteiger charge is -2.25. The van der Waals surface area contributed by atoms with Gasteiger partial charge in [0.1, 0.15) is 0 Å². The van der Waals surface area contributed by atoms with Crippen LogP contribution < -0.4 is 5.32 Å². The summed E-state index contributed by atoms with van der Waals surface area (Å²) in [5.41, 5.74) is 2.56. The van der Waals surface area contributed by atoms with E-state index in [-0.39, 0.29) is 6.04 Å². The average Bonchev–Trinajstić information content (AvgIpc) is 2.53. The van der Waals surface area contributed by atoms with Crippen LogP contribution in [0.15, 0.2) is 24.3 Å². The second-order valence-electron chi connectivity index (χ2n) is 6.22. The zero-order valence-electron chi connectivity index (χ0n) is 13.4. The molecular formula is C18H29NOS. The van der Waals surface area contributed by atoms with Gasteiger partial charge in [-0.05, 0) is 38.3 Å². The zero-order chi connectivity index (χ0) is 15.1. The van der Waals surface area contributed by atoms with Crippen LogP contribution in [0.5, 0.6) is 0 Å². The molecule has 0 saturated heterocycles. The van der Waals surface area contributed by atoms with Crippen LogP contribution >= 0.6 is 0 Å². The SMILES string of the molecule is CCCNC(CS(=O)C1CCCCC1)c1ccc(C)cc1. The number of hydrogen-bond donors (Lipinski definition) is 1. The van der Waals surface area contributed by atoms with Crippen LogP contribution in [-0.4, -0.2) is 21.8 Å². The molecule has 1 aliphatic carbocycles. The summed E-state index contributed by atoms with van der Waals surface area (Å²) < 4.78 is 12.7. The third kappa shape index (κ3) is 5.23. The zero-order valence-corrected chi connectivity index (χ0v) is 14.3. The van der Waals surface area contributed by atoms with Crippen molar-refractivity contribution in [1.29, 1.82) is 0 Å². The van der Waals surface area contributed by atoms with Crippen molar-refractivity contribution >= 4 is 10.8 Å². The van der Waals surface area contributed by atoms with Crippen molar-refractivity contribution in [3.8, 4) is 0 Å². The van der Waals surface area contributed by atoms with Crippen molar-refractivity contribution in [2.45, 2.75) is 63.7 Å². The highest BCUT2D eigenvalue weighted by Crippen LogP contribution is 2.25. The Hall–Kier alpha value is -0.670. The molecule has 0 aromatic heterocycles. The normalized spacial score (nSPS) is 19.3. The fourth-order valence-electron chi connectivity index (χ4n) is 3.02. The quantitative estimate of drug-likeness (QED) is 0.821. The molecule has 1 saturated carbocycles. The molecule has 0 amide bonds. The van der Waals surface area contributed by atoms with Gasteiger partial charge >= 0.3 is 0 Å². The van der Waals surface area contributed by atoms with E-state index in [0.717, 1.165) is 31.6 Å². The molecule has 0 spiro atoms. The molecule has 2 atom stereocenters. The van der Waals surface area contributed by atoms with E-state index >= 15 is 0 Å². The van der Waals surface area contributed by atoms with Crippen molar-refractivity contribution in [2.75, 3.05) is 12.3 Å². The van der Waals surface area contributed by atoms with Gasteiger partial charge in [-0.15, -0.1) is 0 Å². The van der Waals surface area contributed by atoms with E-state index in [4.69, 9.17) is 0 Å². The summed E-state index contributed by atoms with van der Waals surface area (Å²) >= 11 is 0. The number of hydrogen-bond acceptors (Lipinski definition) is 2. The van der Waals surface area contributed by atoms with E-state index in [9.17, 15) is 4.21 Å². The lowest BCUT2D eigenvalue weighted by molar-refractivity contribution is 0.500. The predicted octanol–water partition coefficient (Wildman–Crippen LogP) is 4.12. The van der Waals surface area contributed by atoms with E-state index in [1.807, 2.05) is 0 Å². The summed E-state index contributed by atoms with van der Waals surface area (Å²) in [5.74, 6) is 0.758. The number of aryl methyl sites for hydroxylation is 1. The first kappa shape index (κ1) is 16.7. The molecule has 118 valence electrons. The van der Waals surface area contributed by atoms with Gasteiger partial charge in [0, 0.05) is 27.8 Å². The first-order valence-electron chi connectivity index (χ1n) is 8.38. The largest absolute Gasteiger partial charge is 0.309 e. The maximum atomic E-state index is 12.7. The van der Waals surface area contributed by atoms with Crippen molar-refractivity contribution in [3.05, 3.63) is 35.4 Å². The van der Waals surface area contributed by atoms with Gasteiger partial charge < -0.3 is 5.32 Å². The third-order valence-corrected chi connectivity index (χ3v) is 6.25. The highest BCUT2D eigenvalue weighted by Gasteiger charge is 2.23. The molecule has 2 nitrogen and oxygen atoms in total. The van der Waals surface area contributed by atoms with Crippen LogP contribution in [0, 0.1) is 6.92 Å². The smallest absolute Gasteiger partial charge is 0.0436 e. The molecule has 1 fully saturated rings. The molecule has 2 unspecified atom stereocenters. The second-order valence-corrected chi connectivity index (χ2v) is 7.99. The van der Waals surface area contributed by atoms with Crippen molar-refractivity contribution in [2.24, 2.45) is 0 Å². The maximum absolute atomic E-state index is 12.7. The van der Waals surface area contributed by atoms with Gasteiger partial charge in [0.05, 0.1) is 0 Å². The molecule has 3 heteroatoms. The summed E-state index contributed by atoms with van der Waals surface area (Å²) in [6.45, 7) is 5.27. The Labute approximate surface area is 132 Å². The molecule has 0 bridgehead atoms. The van der Waals surface area contributed by atoms with E-state index in [0.29, 0.717) is 5.25 Å². The van der Waals surface area contributed by atoms with Crippen LogP contribution in [0.3, 0.4) is 0 Å². The molecule has 0 heterocycles. The van der Waals surface area contributed by atoms with Gasteiger partial charge in [-0.2, -0.15) is 0 Å². The molecule has 1 aliphatic rings. The second kappa shape index (κ2) is 8.70. The van der Waals surface area contributed by atoms with E-state index in [2.05, 4.69) is 43.4 Å². The van der Waals surface area contributed by atoms with Gasteiger partial charge in [-0.1, -0.05) is 56.0 Å². The highest BCUT2D eigenvalue weighted by atomic mass is 32.2. The average molecular weight is 308 g/mol. The van der Waals surface area contributed by atoms with Crippen LogP contribution in [0.25, 0.3) is 0 Å². The molecule has 0 radical (unpaired) electrons. The van der Waals surface area contributed by atoms with Crippen molar-refractivity contribution in [3.63, 3.8) is 0 Å². The monoisotopic (exact) mass is 307 g/mol. The Morgan fingerprint density at radius 2 is 1.86 bits per heavy atom. The lowest BCUT2D eigenvalue weighted by atomic mass is 10.0. The minimum atomic E-state index is -0.708. The number of rotatable bonds is 7. The summed E-state index contributed by atoms with van der Waals surface area (Å²) in [6, 6.07) is 8.90. The molecule has 2 rings (SSSR count). The molecular weight excluding hydrogens is 278 g/mol. The number of nitrogens with one attached hydrogen (secondary N) is 1. The van der Waals surface area contributed by atoms with Crippen LogP contribution in [0.4, 0.5) is 0 Å². The van der Waals surface area contributed by atoms with Gasteiger partial charge in [0.25, 0.3) is 0 Å². The minimum absolute atomic E-state index is 0.230. The van der Waals surface area contributed by atoms with Gasteiger partial charge in [0.15, 0.2) is 0 Å². The summed E-state index contributed by atoms with van der Waals surface area (Å²) in [5, 5.41) is 4.01. The van der Waals surface area contributed by atoms with Gasteiger partial charge in [0.2, 0.25) is 0 Å². The van der Waals surface area contributed by atoms with Crippen LogP contribution in [-0.2, 0) is 10.8 Å². The molecule has 1 aromatic rings. The molecule has 21 heavy (non-hydrogen) atoms. The topological polar surface area (TPSA) is 29.1 Å². The summed E-state index contributed by atoms with van der Waals surface area (Å²) in [6.07, 6.45) is 7.26. The first-order valence-corrected chi connectivity index (χ1v) is 9.76. The summed E-state index contributed by atoms with van der Waals surface area (Å²) in [4.78, 5) is 0. The van der Waals surface area contributed by atoms with Crippen molar-refractivity contribution < 1.29 is 4.21 Å². The van der Waals surface area contributed by atoms with E-state index in [1.165, 1.54) is 30.4 Å². The third-order valence-electron chi connectivity index (χ3n) is 4.38. The van der Waals surface area contributed by atoms with Crippen LogP contribution in [0.1, 0.15) is 62.6 Å².